The van der Waals surface area contributed by atoms with Crippen LogP contribution in [0.25, 0.3) is 16.9 Å². The van der Waals surface area contributed by atoms with Crippen molar-refractivity contribution in [1.29, 1.82) is 0 Å². The highest BCUT2D eigenvalue weighted by Crippen LogP contribution is 2.30. The minimum Gasteiger partial charge on any atom is -0.455 e. The van der Waals surface area contributed by atoms with Gasteiger partial charge in [-0.15, -0.1) is 0 Å². The molecule has 0 saturated carbocycles. The van der Waals surface area contributed by atoms with Crippen LogP contribution in [0.15, 0.2) is 65.6 Å². The van der Waals surface area contributed by atoms with Crippen molar-refractivity contribution in [3.8, 4) is 17.2 Å². The summed E-state index contributed by atoms with van der Waals surface area (Å²) in [4.78, 5) is 35.3. The first-order chi connectivity index (χ1) is 19.0. The number of nitrogens with one attached hydrogen (secondary N) is 3. The molecule has 0 unspecified atom stereocenters. The van der Waals surface area contributed by atoms with Crippen LogP contribution < -0.4 is 26.7 Å². The molecular weight excluding hydrogens is 515 g/mol. The lowest BCUT2D eigenvalue weighted by atomic mass is 9.92. The van der Waals surface area contributed by atoms with Gasteiger partial charge in [0.2, 0.25) is 0 Å². The molecule has 11 nitrogen and oxygen atoms in total. The van der Waals surface area contributed by atoms with Gasteiger partial charge in [0.1, 0.15) is 22.9 Å². The highest BCUT2D eigenvalue weighted by Gasteiger charge is 2.22. The minimum absolute atomic E-state index is 0.0651. The molecule has 0 aliphatic rings. The fraction of sp³-hybridized carbons (Fsp3) is 0.179. The fourth-order valence-electron chi connectivity index (χ4n) is 3.84. The maximum Gasteiger partial charge on any atom is 0.324 e. The number of pyridine rings is 1. The Bertz CT molecular complexity index is 1790. The van der Waals surface area contributed by atoms with E-state index in [1.165, 1.54) is 24.4 Å². The maximum absolute atomic E-state index is 15.0. The largest absolute Gasteiger partial charge is 0.455 e. The van der Waals surface area contributed by atoms with Crippen LogP contribution in [-0.2, 0) is 5.41 Å². The molecule has 12 heteroatoms. The van der Waals surface area contributed by atoms with Gasteiger partial charge < -0.3 is 20.8 Å². The summed E-state index contributed by atoms with van der Waals surface area (Å²) in [5.41, 5.74) is 7.64. The number of aromatic amines is 1. The average molecular weight is 543 g/mol. The maximum atomic E-state index is 15.0. The van der Waals surface area contributed by atoms with E-state index in [2.05, 4.69) is 30.7 Å². The van der Waals surface area contributed by atoms with Gasteiger partial charge in [0.05, 0.1) is 17.1 Å². The second kappa shape index (κ2) is 10.1. The molecule has 0 spiro atoms. The summed E-state index contributed by atoms with van der Waals surface area (Å²) in [5, 5.41) is 9.98. The second-order valence-electron chi connectivity index (χ2n) is 10.2. The van der Waals surface area contributed by atoms with Gasteiger partial charge in [-0.2, -0.15) is 5.10 Å². The molecule has 3 aromatic heterocycles. The fourth-order valence-corrected chi connectivity index (χ4v) is 3.84. The number of benzene rings is 2. The first-order valence-electron chi connectivity index (χ1n) is 12.4. The van der Waals surface area contributed by atoms with Crippen molar-refractivity contribution in [2.24, 2.45) is 0 Å². The third kappa shape index (κ3) is 5.46. The Kier molecular flexibility index (Phi) is 6.68. The van der Waals surface area contributed by atoms with Crippen molar-refractivity contribution in [3.05, 3.63) is 88.2 Å². The van der Waals surface area contributed by atoms with Crippen molar-refractivity contribution < 1.29 is 13.9 Å². The molecule has 5 N–H and O–H groups in total. The number of anilines is 3. The number of halogens is 1. The molecule has 40 heavy (non-hydrogen) atoms. The number of hydrogen-bond donors (Lipinski definition) is 4. The van der Waals surface area contributed by atoms with E-state index in [9.17, 15) is 14.0 Å². The molecule has 0 atom stereocenters. The number of carbonyl (C=O) groups is 1. The van der Waals surface area contributed by atoms with E-state index < -0.39 is 17.4 Å². The molecule has 0 bridgehead atoms. The van der Waals surface area contributed by atoms with E-state index >= 15 is 0 Å². The number of urea groups is 1. The number of aryl methyl sites for hydroxylation is 1. The number of carbonyl (C=O) groups excluding carboxylic acids is 1. The third-order valence-electron chi connectivity index (χ3n) is 6.00. The van der Waals surface area contributed by atoms with E-state index in [0.29, 0.717) is 5.82 Å². The van der Waals surface area contributed by atoms with Crippen LogP contribution in [0.3, 0.4) is 0 Å². The number of nitrogens with two attached hydrogens (primary N) is 1. The number of H-pyrrole nitrogens is 1. The normalized spacial score (nSPS) is 11.4. The topological polar surface area (TPSA) is 153 Å². The Balaban J connectivity index is 1.35. The molecule has 5 aromatic rings. The van der Waals surface area contributed by atoms with E-state index in [4.69, 9.17) is 10.5 Å². The zero-order valence-corrected chi connectivity index (χ0v) is 22.2. The molecule has 0 saturated heterocycles. The summed E-state index contributed by atoms with van der Waals surface area (Å²) in [6.45, 7) is 8.06. The van der Waals surface area contributed by atoms with Crippen LogP contribution in [-0.4, -0.2) is 30.8 Å². The lowest BCUT2D eigenvalue weighted by molar-refractivity contribution is 0.262. The summed E-state index contributed by atoms with van der Waals surface area (Å²) < 4.78 is 22.4. The summed E-state index contributed by atoms with van der Waals surface area (Å²) in [5.74, 6) is -0.204. The summed E-state index contributed by atoms with van der Waals surface area (Å²) in [7, 11) is 0. The van der Waals surface area contributed by atoms with Crippen LogP contribution in [0.4, 0.5) is 26.5 Å². The Labute approximate surface area is 228 Å². The van der Waals surface area contributed by atoms with Gasteiger partial charge in [-0.05, 0) is 31.2 Å². The van der Waals surface area contributed by atoms with Gasteiger partial charge in [-0.3, -0.25) is 10.1 Å². The first-order valence-corrected chi connectivity index (χ1v) is 12.4. The van der Waals surface area contributed by atoms with Gasteiger partial charge in [0, 0.05) is 29.8 Å². The Morgan fingerprint density at radius 1 is 1.07 bits per heavy atom. The number of amides is 2. The smallest absolute Gasteiger partial charge is 0.324 e. The van der Waals surface area contributed by atoms with Crippen LogP contribution in [0.2, 0.25) is 0 Å². The predicted octanol–water partition coefficient (Wildman–Crippen LogP) is 5.27. The number of ether oxygens (including phenoxy) is 1. The zero-order chi connectivity index (χ0) is 28.6. The lowest BCUT2D eigenvalue weighted by Crippen LogP contribution is -2.22. The number of hydrogen-bond acceptors (Lipinski definition) is 7. The van der Waals surface area contributed by atoms with Gasteiger partial charge in [-0.1, -0.05) is 38.5 Å². The summed E-state index contributed by atoms with van der Waals surface area (Å²) in [6, 6.07) is 14.3. The molecule has 0 aliphatic heterocycles. The van der Waals surface area contributed by atoms with Crippen LogP contribution in [0.1, 0.15) is 32.0 Å². The van der Waals surface area contributed by atoms with Crippen molar-refractivity contribution in [3.63, 3.8) is 0 Å². The van der Waals surface area contributed by atoms with Crippen molar-refractivity contribution in [2.75, 3.05) is 16.4 Å². The Hall–Kier alpha value is -5.26. The van der Waals surface area contributed by atoms with Crippen LogP contribution >= 0.6 is 0 Å². The molecule has 2 amide bonds. The first kappa shape index (κ1) is 26.4. The van der Waals surface area contributed by atoms with Gasteiger partial charge in [-0.25, -0.2) is 23.8 Å². The SMILES string of the molecule is Cc1ccc(-n2nc(C(C)(C)C)cc2NC(=O)Nc2ccc(Oc3ccnc4nc(N)c(=O)[nH]c34)cc2F)cc1. The molecular formula is C28H27FN8O3. The van der Waals surface area contributed by atoms with Gasteiger partial charge in [0.25, 0.3) is 5.56 Å². The van der Waals surface area contributed by atoms with Crippen molar-refractivity contribution >= 4 is 34.5 Å². The standard InChI is InChI=1S/C28H27FN8O3/c1-15-5-7-16(8-6-15)37-22(14-21(36-37)28(2,3)4)33-27(39)32-19-10-9-17(13-18(19)29)40-20-11-12-31-25-23(20)34-26(38)24(30)35-25/h5-14H,1-4H3,(H,34,38)(H2,30,31,35)(H2,32,33,39). The van der Waals surface area contributed by atoms with E-state index in [-0.39, 0.29) is 39.6 Å². The third-order valence-corrected chi connectivity index (χ3v) is 6.00. The number of nitrogen functional groups attached to an aromatic ring is 1. The zero-order valence-electron chi connectivity index (χ0n) is 22.2. The van der Waals surface area contributed by atoms with E-state index in [1.807, 2.05) is 52.0 Å². The Morgan fingerprint density at radius 3 is 2.52 bits per heavy atom. The highest BCUT2D eigenvalue weighted by atomic mass is 19.1. The number of fused-ring (bicyclic) bond motifs is 1. The highest BCUT2D eigenvalue weighted by molar-refractivity contribution is 5.99. The molecule has 0 aliphatic carbocycles. The van der Waals surface area contributed by atoms with Gasteiger partial charge >= 0.3 is 6.03 Å². The molecule has 5 rings (SSSR count). The molecule has 204 valence electrons. The van der Waals surface area contributed by atoms with E-state index in [1.54, 1.807) is 10.7 Å². The number of nitrogens with zero attached hydrogens (tertiary/aromatic N) is 4. The molecule has 3 heterocycles. The van der Waals surface area contributed by atoms with Crippen LogP contribution in [0.5, 0.6) is 11.5 Å². The predicted molar refractivity (Wildman–Crippen MR) is 151 cm³/mol. The minimum atomic E-state index is -0.732. The lowest BCUT2D eigenvalue weighted by Gasteiger charge is -2.14. The quantitative estimate of drug-likeness (QED) is 0.236. The van der Waals surface area contributed by atoms with Gasteiger partial charge in [0.15, 0.2) is 17.2 Å². The molecule has 0 fully saturated rings. The van der Waals surface area contributed by atoms with Crippen molar-refractivity contribution in [2.45, 2.75) is 33.1 Å². The number of aromatic nitrogens is 5. The summed E-state index contributed by atoms with van der Waals surface area (Å²) >= 11 is 0. The van der Waals surface area contributed by atoms with E-state index in [0.717, 1.165) is 23.0 Å². The monoisotopic (exact) mass is 542 g/mol. The van der Waals surface area contributed by atoms with Crippen molar-refractivity contribution in [1.82, 2.24) is 24.7 Å². The van der Waals surface area contributed by atoms with Crippen LogP contribution in [0, 0.1) is 12.7 Å². The Morgan fingerprint density at radius 2 is 1.82 bits per heavy atom. The summed E-state index contributed by atoms with van der Waals surface area (Å²) in [6.07, 6.45) is 1.42. The average Bonchev–Trinajstić information content (AvgIpc) is 3.31. The molecule has 0 radical (unpaired) electrons. The molecule has 2 aromatic carbocycles. The second-order valence-corrected chi connectivity index (χ2v) is 10.2. The number of rotatable bonds is 5.